The van der Waals surface area contributed by atoms with Gasteiger partial charge in [-0.05, 0) is 67.1 Å². The van der Waals surface area contributed by atoms with Gasteiger partial charge in [0, 0.05) is 12.1 Å². The summed E-state index contributed by atoms with van der Waals surface area (Å²) >= 11 is 6.40. The first-order chi connectivity index (χ1) is 20.1. The predicted molar refractivity (Wildman–Crippen MR) is 154 cm³/mol. The van der Waals surface area contributed by atoms with E-state index in [9.17, 15) is 29.4 Å². The van der Waals surface area contributed by atoms with Crippen LogP contribution in [-0.4, -0.2) is 45.0 Å². The molecule has 4 aromatic carbocycles. The number of carboxylic acid groups (broad SMARTS) is 1. The molecule has 0 spiro atoms. The third-order valence-electron chi connectivity index (χ3n) is 6.01. The molecule has 4 rings (SSSR count). The minimum Gasteiger partial charge on any atom is -0.508 e. The maximum atomic E-state index is 13.7. The zero-order valence-corrected chi connectivity index (χ0v) is 23.0. The SMILES string of the molecule is C[C@H](NN(C(=O)c1ccc(C(=O)NCc2cccc(O)c2)cc1Cl)C(=O)c1ccccc1Oc1ccccc1)C(=O)O. The van der Waals surface area contributed by atoms with E-state index in [0.29, 0.717) is 16.3 Å². The van der Waals surface area contributed by atoms with Crippen LogP contribution in [0.1, 0.15) is 43.6 Å². The Morgan fingerprint density at radius 1 is 0.857 bits per heavy atom. The fourth-order valence-corrected chi connectivity index (χ4v) is 4.09. The van der Waals surface area contributed by atoms with Gasteiger partial charge in [0.05, 0.1) is 16.1 Å². The summed E-state index contributed by atoms with van der Waals surface area (Å²) in [5, 5.41) is 22.2. The minimum atomic E-state index is -1.33. The molecule has 0 aliphatic carbocycles. The molecule has 11 heteroatoms. The number of halogens is 1. The number of phenolic OH excluding ortho intramolecular Hbond substituents is 1. The van der Waals surface area contributed by atoms with Gasteiger partial charge in [0.2, 0.25) is 0 Å². The van der Waals surface area contributed by atoms with Gasteiger partial charge in [-0.15, -0.1) is 0 Å². The number of carbonyl (C=O) groups excluding carboxylic acids is 3. The number of carboxylic acids is 1. The predicted octanol–water partition coefficient (Wildman–Crippen LogP) is 5.03. The van der Waals surface area contributed by atoms with Crippen LogP contribution in [0.4, 0.5) is 0 Å². The first kappa shape index (κ1) is 29.8. The normalized spacial score (nSPS) is 11.3. The van der Waals surface area contributed by atoms with Crippen molar-refractivity contribution in [3.05, 3.63) is 124 Å². The Morgan fingerprint density at radius 3 is 2.24 bits per heavy atom. The molecule has 4 N–H and O–H groups in total. The Hall–Kier alpha value is -5.19. The van der Waals surface area contributed by atoms with E-state index in [4.69, 9.17) is 16.3 Å². The maximum Gasteiger partial charge on any atom is 0.322 e. The molecule has 0 radical (unpaired) electrons. The Labute approximate surface area is 246 Å². The molecule has 0 aliphatic rings. The molecule has 1 atom stereocenters. The summed E-state index contributed by atoms with van der Waals surface area (Å²) in [7, 11) is 0. The Bertz CT molecular complexity index is 1630. The number of para-hydroxylation sites is 2. The number of amides is 3. The summed E-state index contributed by atoms with van der Waals surface area (Å²) in [6.45, 7) is 1.40. The standard InChI is InChI=1S/C31H26ClN3O7/c1-19(31(40)41)34-35(30(39)25-12-5-6-13-27(25)42-23-10-3-2-4-11-23)29(38)24-15-14-21(17-26(24)32)28(37)33-18-20-8-7-9-22(36)16-20/h2-17,19,34,36H,18H2,1H3,(H,33,37)(H,40,41)/t19-/m0/s1. The average molecular weight is 588 g/mol. The molecule has 0 unspecified atom stereocenters. The van der Waals surface area contributed by atoms with E-state index in [1.54, 1.807) is 60.7 Å². The third-order valence-corrected chi connectivity index (χ3v) is 6.33. The Morgan fingerprint density at radius 2 is 1.55 bits per heavy atom. The lowest BCUT2D eigenvalue weighted by molar-refractivity contribution is -0.139. The Kier molecular flexibility index (Phi) is 9.53. The van der Waals surface area contributed by atoms with Crippen LogP contribution in [0.5, 0.6) is 17.2 Å². The van der Waals surface area contributed by atoms with Crippen molar-refractivity contribution in [3.8, 4) is 17.2 Å². The molecule has 42 heavy (non-hydrogen) atoms. The first-order valence-corrected chi connectivity index (χ1v) is 13.1. The van der Waals surface area contributed by atoms with E-state index < -0.39 is 29.7 Å². The quantitative estimate of drug-likeness (QED) is 0.149. The lowest BCUT2D eigenvalue weighted by Gasteiger charge is -2.25. The number of carbonyl (C=O) groups is 4. The van der Waals surface area contributed by atoms with Gasteiger partial charge in [-0.1, -0.05) is 54.1 Å². The summed E-state index contributed by atoms with van der Waals surface area (Å²) in [5.41, 5.74) is 3.08. The number of ether oxygens (including phenoxy) is 1. The fraction of sp³-hybridized carbons (Fsp3) is 0.0968. The number of aliphatic carboxylic acids is 1. The van der Waals surface area contributed by atoms with Crippen LogP contribution < -0.4 is 15.5 Å². The molecular weight excluding hydrogens is 562 g/mol. The molecule has 0 saturated heterocycles. The van der Waals surface area contributed by atoms with Gasteiger partial charge in [0.15, 0.2) is 0 Å². The Balaban J connectivity index is 1.59. The van der Waals surface area contributed by atoms with Gasteiger partial charge in [0.1, 0.15) is 23.3 Å². The molecule has 0 aromatic heterocycles. The smallest absolute Gasteiger partial charge is 0.322 e. The molecule has 0 heterocycles. The minimum absolute atomic E-state index is 0.0149. The lowest BCUT2D eigenvalue weighted by Crippen LogP contribution is -2.53. The second-order valence-corrected chi connectivity index (χ2v) is 9.50. The number of hydrogen-bond acceptors (Lipinski definition) is 7. The molecule has 214 valence electrons. The van der Waals surface area contributed by atoms with E-state index in [-0.39, 0.29) is 39.8 Å². The number of hydrazine groups is 1. The highest BCUT2D eigenvalue weighted by Crippen LogP contribution is 2.27. The van der Waals surface area contributed by atoms with Crippen LogP contribution in [0, 0.1) is 0 Å². The molecule has 0 bridgehead atoms. The van der Waals surface area contributed by atoms with Crippen LogP contribution in [0.3, 0.4) is 0 Å². The lowest BCUT2D eigenvalue weighted by atomic mass is 10.1. The second-order valence-electron chi connectivity index (χ2n) is 9.09. The molecule has 3 amide bonds. The molecule has 4 aromatic rings. The number of hydrogen-bond donors (Lipinski definition) is 4. The van der Waals surface area contributed by atoms with Crippen molar-refractivity contribution in [1.29, 1.82) is 0 Å². The third kappa shape index (κ3) is 7.30. The number of nitrogens with zero attached hydrogens (tertiary/aromatic N) is 1. The fourth-order valence-electron chi connectivity index (χ4n) is 3.83. The monoisotopic (exact) mass is 587 g/mol. The zero-order chi connectivity index (χ0) is 30.2. The second kappa shape index (κ2) is 13.4. The molecule has 0 saturated carbocycles. The number of phenols is 1. The number of nitrogens with one attached hydrogen (secondary N) is 2. The highest BCUT2D eigenvalue weighted by Gasteiger charge is 2.31. The van der Waals surface area contributed by atoms with Crippen LogP contribution in [0.25, 0.3) is 0 Å². The van der Waals surface area contributed by atoms with E-state index >= 15 is 0 Å². The van der Waals surface area contributed by atoms with E-state index in [1.165, 1.54) is 43.3 Å². The van der Waals surface area contributed by atoms with Crippen molar-refractivity contribution in [2.75, 3.05) is 0 Å². The summed E-state index contributed by atoms with van der Waals surface area (Å²) in [6.07, 6.45) is 0. The first-order valence-electron chi connectivity index (χ1n) is 12.7. The van der Waals surface area contributed by atoms with Gasteiger partial charge < -0.3 is 20.3 Å². The van der Waals surface area contributed by atoms with Crippen molar-refractivity contribution < 1.29 is 34.1 Å². The van der Waals surface area contributed by atoms with Crippen LogP contribution in [-0.2, 0) is 11.3 Å². The molecule has 0 aliphatic heterocycles. The van der Waals surface area contributed by atoms with Crippen LogP contribution in [0.15, 0.2) is 97.1 Å². The number of imide groups is 1. The number of benzene rings is 4. The van der Waals surface area contributed by atoms with Crippen molar-refractivity contribution in [2.45, 2.75) is 19.5 Å². The highest BCUT2D eigenvalue weighted by atomic mass is 35.5. The van der Waals surface area contributed by atoms with Crippen molar-refractivity contribution in [1.82, 2.24) is 15.8 Å². The average Bonchev–Trinajstić information content (AvgIpc) is 2.98. The van der Waals surface area contributed by atoms with Crippen LogP contribution >= 0.6 is 11.6 Å². The zero-order valence-electron chi connectivity index (χ0n) is 22.3. The summed E-state index contributed by atoms with van der Waals surface area (Å²) in [5.74, 6) is -2.98. The van der Waals surface area contributed by atoms with Gasteiger partial charge in [-0.25, -0.2) is 10.4 Å². The van der Waals surface area contributed by atoms with Crippen molar-refractivity contribution in [3.63, 3.8) is 0 Å². The van der Waals surface area contributed by atoms with Gasteiger partial charge in [-0.2, -0.15) is 0 Å². The van der Waals surface area contributed by atoms with Crippen molar-refractivity contribution >= 4 is 35.3 Å². The highest BCUT2D eigenvalue weighted by molar-refractivity contribution is 6.34. The van der Waals surface area contributed by atoms with Crippen molar-refractivity contribution in [2.24, 2.45) is 0 Å². The summed E-state index contributed by atoms with van der Waals surface area (Å²) < 4.78 is 5.86. The van der Waals surface area contributed by atoms with E-state index in [1.807, 2.05) is 0 Å². The van der Waals surface area contributed by atoms with Crippen LogP contribution in [0.2, 0.25) is 5.02 Å². The van der Waals surface area contributed by atoms with E-state index in [2.05, 4.69) is 10.7 Å². The van der Waals surface area contributed by atoms with E-state index in [0.717, 1.165) is 0 Å². The number of rotatable bonds is 10. The largest absolute Gasteiger partial charge is 0.508 e. The maximum absolute atomic E-state index is 13.7. The molecule has 10 nitrogen and oxygen atoms in total. The summed E-state index contributed by atoms with van der Waals surface area (Å²) in [4.78, 5) is 51.6. The topological polar surface area (TPSA) is 145 Å². The summed E-state index contributed by atoms with van der Waals surface area (Å²) in [6, 6.07) is 23.8. The van der Waals surface area contributed by atoms with Gasteiger partial charge in [0.25, 0.3) is 17.7 Å². The molecule has 0 fully saturated rings. The van der Waals surface area contributed by atoms with Gasteiger partial charge >= 0.3 is 5.97 Å². The van der Waals surface area contributed by atoms with Gasteiger partial charge in [-0.3, -0.25) is 19.2 Å². The number of aromatic hydroxyl groups is 1. The molecular formula is C31H26ClN3O7.